The van der Waals surface area contributed by atoms with Gasteiger partial charge in [-0.15, -0.1) is 0 Å². The highest BCUT2D eigenvalue weighted by Gasteiger charge is 2.28. The number of hydrogen-bond acceptors (Lipinski definition) is 5. The van der Waals surface area contributed by atoms with Crippen LogP contribution in [0.3, 0.4) is 0 Å². The molecule has 0 radical (unpaired) electrons. The van der Waals surface area contributed by atoms with Gasteiger partial charge in [-0.1, -0.05) is 0 Å². The predicted octanol–water partition coefficient (Wildman–Crippen LogP) is -0.00660. The summed E-state index contributed by atoms with van der Waals surface area (Å²) < 4.78 is 5.61. The van der Waals surface area contributed by atoms with Gasteiger partial charge in [-0.2, -0.15) is 0 Å². The second kappa shape index (κ2) is 8.42. The Hall–Kier alpha value is -0.690. The molecule has 3 aliphatic heterocycles. The fraction of sp³-hybridized carbons (Fsp3) is 0.941. The number of amides is 1. The van der Waals surface area contributed by atoms with Crippen LogP contribution in [-0.4, -0.2) is 98.8 Å². The Morgan fingerprint density at radius 3 is 2.48 bits per heavy atom. The highest BCUT2D eigenvalue weighted by molar-refractivity contribution is 5.77. The molecule has 132 valence electrons. The lowest BCUT2D eigenvalue weighted by Crippen LogP contribution is -2.54. The molecule has 3 fully saturated rings. The van der Waals surface area contributed by atoms with Crippen LogP contribution in [0.15, 0.2) is 0 Å². The van der Waals surface area contributed by atoms with Crippen molar-refractivity contribution in [3.05, 3.63) is 0 Å². The average molecular weight is 324 g/mol. The Kier molecular flexibility index (Phi) is 6.28. The number of nitrogens with zero attached hydrogens (tertiary/aromatic N) is 3. The smallest absolute Gasteiger partial charge is 0.248 e. The molecule has 3 heterocycles. The number of piperidine rings is 1. The Morgan fingerprint density at radius 2 is 1.83 bits per heavy atom. The van der Waals surface area contributed by atoms with Crippen molar-refractivity contribution >= 4 is 5.91 Å². The SMILES string of the molecule is CN1CCC(N2CCN(C(=O)COCC3CCCN3)CC2)CC1. The molecular weight excluding hydrogens is 292 g/mol. The average Bonchev–Trinajstić information content (AvgIpc) is 3.09. The number of ether oxygens (including phenoxy) is 1. The summed E-state index contributed by atoms with van der Waals surface area (Å²) >= 11 is 0. The maximum atomic E-state index is 12.3. The van der Waals surface area contributed by atoms with E-state index in [0.29, 0.717) is 18.7 Å². The van der Waals surface area contributed by atoms with Gasteiger partial charge in [0.25, 0.3) is 0 Å². The van der Waals surface area contributed by atoms with Crippen LogP contribution in [0.4, 0.5) is 0 Å². The molecule has 3 aliphatic rings. The van der Waals surface area contributed by atoms with Crippen LogP contribution in [0.2, 0.25) is 0 Å². The number of hydrogen-bond donors (Lipinski definition) is 1. The molecule has 1 atom stereocenters. The van der Waals surface area contributed by atoms with Gasteiger partial charge < -0.3 is 19.9 Å². The number of carbonyl (C=O) groups is 1. The monoisotopic (exact) mass is 324 g/mol. The summed E-state index contributed by atoms with van der Waals surface area (Å²) in [5, 5.41) is 3.40. The molecule has 0 bridgehead atoms. The van der Waals surface area contributed by atoms with Crippen LogP contribution in [0.25, 0.3) is 0 Å². The summed E-state index contributed by atoms with van der Waals surface area (Å²) in [6, 6.07) is 1.16. The third-order valence-corrected chi connectivity index (χ3v) is 5.58. The largest absolute Gasteiger partial charge is 0.370 e. The van der Waals surface area contributed by atoms with E-state index < -0.39 is 0 Å². The zero-order chi connectivity index (χ0) is 16.1. The standard InChI is InChI=1S/C17H32N4O2/c1-19-7-4-16(5-8-19)20-9-11-21(12-10-20)17(22)14-23-13-15-3-2-6-18-15/h15-16,18H,2-14H2,1H3. The maximum absolute atomic E-state index is 12.3. The van der Waals surface area contributed by atoms with Crippen molar-refractivity contribution in [1.82, 2.24) is 20.0 Å². The summed E-state index contributed by atoms with van der Waals surface area (Å²) in [6.07, 6.45) is 4.92. The lowest BCUT2D eigenvalue weighted by Gasteiger charge is -2.42. The van der Waals surface area contributed by atoms with Gasteiger partial charge in [0.15, 0.2) is 0 Å². The van der Waals surface area contributed by atoms with Gasteiger partial charge in [-0.25, -0.2) is 0 Å². The van der Waals surface area contributed by atoms with E-state index in [-0.39, 0.29) is 12.5 Å². The Balaban J connectivity index is 1.32. The van der Waals surface area contributed by atoms with Crippen molar-refractivity contribution in [3.63, 3.8) is 0 Å². The van der Waals surface area contributed by atoms with E-state index in [4.69, 9.17) is 4.74 Å². The molecule has 0 spiro atoms. The second-order valence-corrected chi connectivity index (χ2v) is 7.26. The lowest BCUT2D eigenvalue weighted by molar-refractivity contribution is -0.138. The first-order valence-electron chi connectivity index (χ1n) is 9.24. The molecule has 3 rings (SSSR count). The van der Waals surface area contributed by atoms with E-state index in [1.807, 2.05) is 4.90 Å². The molecule has 3 saturated heterocycles. The van der Waals surface area contributed by atoms with E-state index in [9.17, 15) is 4.79 Å². The minimum atomic E-state index is 0.158. The topological polar surface area (TPSA) is 48.0 Å². The van der Waals surface area contributed by atoms with Gasteiger partial charge >= 0.3 is 0 Å². The molecule has 23 heavy (non-hydrogen) atoms. The number of likely N-dealkylation sites (tertiary alicyclic amines) is 1. The van der Waals surface area contributed by atoms with E-state index in [0.717, 1.165) is 32.7 Å². The molecule has 1 amide bonds. The number of carbonyl (C=O) groups excluding carboxylic acids is 1. The van der Waals surface area contributed by atoms with E-state index in [2.05, 4.69) is 22.2 Å². The molecule has 0 aromatic heterocycles. The van der Waals surface area contributed by atoms with Crippen molar-refractivity contribution in [2.24, 2.45) is 0 Å². The molecule has 6 heteroatoms. The van der Waals surface area contributed by atoms with Crippen molar-refractivity contribution < 1.29 is 9.53 Å². The summed E-state index contributed by atoms with van der Waals surface area (Å²) in [5.74, 6) is 0.158. The Morgan fingerprint density at radius 1 is 1.09 bits per heavy atom. The minimum absolute atomic E-state index is 0.158. The van der Waals surface area contributed by atoms with Crippen LogP contribution < -0.4 is 5.32 Å². The fourth-order valence-corrected chi connectivity index (χ4v) is 3.98. The van der Waals surface area contributed by atoms with Gasteiger partial charge in [0.05, 0.1) is 6.61 Å². The van der Waals surface area contributed by atoms with E-state index in [1.54, 1.807) is 0 Å². The molecular formula is C17H32N4O2. The maximum Gasteiger partial charge on any atom is 0.248 e. The fourth-order valence-electron chi connectivity index (χ4n) is 3.98. The summed E-state index contributed by atoms with van der Waals surface area (Å²) in [6.45, 7) is 8.15. The van der Waals surface area contributed by atoms with Gasteiger partial charge in [0.2, 0.25) is 5.91 Å². The second-order valence-electron chi connectivity index (χ2n) is 7.26. The van der Waals surface area contributed by atoms with Crippen molar-refractivity contribution in [2.45, 2.75) is 37.8 Å². The van der Waals surface area contributed by atoms with Crippen LogP contribution in [0, 0.1) is 0 Å². The molecule has 0 aromatic rings. The first-order valence-corrected chi connectivity index (χ1v) is 9.24. The first-order chi connectivity index (χ1) is 11.2. The van der Waals surface area contributed by atoms with Crippen molar-refractivity contribution in [3.8, 4) is 0 Å². The lowest BCUT2D eigenvalue weighted by atomic mass is 10.0. The number of nitrogens with one attached hydrogen (secondary N) is 1. The summed E-state index contributed by atoms with van der Waals surface area (Å²) in [4.78, 5) is 19.2. The highest BCUT2D eigenvalue weighted by Crippen LogP contribution is 2.17. The molecule has 0 saturated carbocycles. The molecule has 6 nitrogen and oxygen atoms in total. The quantitative estimate of drug-likeness (QED) is 0.771. The Labute approximate surface area is 140 Å². The van der Waals surface area contributed by atoms with Crippen LogP contribution in [-0.2, 0) is 9.53 Å². The van der Waals surface area contributed by atoms with Crippen molar-refractivity contribution in [2.75, 3.05) is 66.1 Å². The third kappa shape index (κ3) is 4.89. The van der Waals surface area contributed by atoms with E-state index >= 15 is 0 Å². The van der Waals surface area contributed by atoms with Gasteiger partial charge in [-0.3, -0.25) is 9.69 Å². The summed E-state index contributed by atoms with van der Waals surface area (Å²) in [7, 11) is 2.20. The predicted molar refractivity (Wildman–Crippen MR) is 90.5 cm³/mol. The first kappa shape index (κ1) is 17.1. The Bertz CT molecular complexity index is 371. The molecule has 1 N–H and O–H groups in total. The normalized spacial score (nSPS) is 28.4. The van der Waals surface area contributed by atoms with Crippen molar-refractivity contribution in [1.29, 1.82) is 0 Å². The zero-order valence-electron chi connectivity index (χ0n) is 14.5. The van der Waals surface area contributed by atoms with Gasteiger partial charge in [-0.05, 0) is 52.4 Å². The van der Waals surface area contributed by atoms with Crippen LogP contribution >= 0.6 is 0 Å². The van der Waals surface area contributed by atoms with Gasteiger partial charge in [0, 0.05) is 38.3 Å². The van der Waals surface area contributed by atoms with E-state index in [1.165, 1.54) is 38.8 Å². The third-order valence-electron chi connectivity index (χ3n) is 5.58. The van der Waals surface area contributed by atoms with Crippen LogP contribution in [0.1, 0.15) is 25.7 Å². The van der Waals surface area contributed by atoms with Gasteiger partial charge in [0.1, 0.15) is 6.61 Å². The molecule has 0 aliphatic carbocycles. The minimum Gasteiger partial charge on any atom is -0.370 e. The summed E-state index contributed by atoms with van der Waals surface area (Å²) in [5.41, 5.74) is 0. The molecule has 0 aromatic carbocycles. The highest BCUT2D eigenvalue weighted by atomic mass is 16.5. The number of piperazine rings is 1. The molecule has 1 unspecified atom stereocenters. The zero-order valence-corrected chi connectivity index (χ0v) is 14.5. The van der Waals surface area contributed by atoms with Crippen LogP contribution in [0.5, 0.6) is 0 Å². The number of rotatable bonds is 5.